The summed E-state index contributed by atoms with van der Waals surface area (Å²) in [6.45, 7) is 2.16. The Morgan fingerprint density at radius 2 is 1.44 bits per heavy atom. The Kier molecular flexibility index (Phi) is 8.05. The highest BCUT2D eigenvalue weighted by Gasteiger charge is 2.23. The predicted octanol–water partition coefficient (Wildman–Crippen LogP) is 7.54. The first-order chi connectivity index (χ1) is 13.3. The van der Waals surface area contributed by atoms with Gasteiger partial charge in [-0.1, -0.05) is 48.5 Å². The van der Waals surface area contributed by atoms with Crippen LogP contribution in [-0.2, 0) is 4.74 Å². The van der Waals surface area contributed by atoms with E-state index in [1.807, 2.05) is 0 Å². The minimum Gasteiger partial charge on any atom is -0.497 e. The molecule has 3 aliphatic rings. The van der Waals surface area contributed by atoms with Gasteiger partial charge in [0.1, 0.15) is 5.76 Å². The number of methoxy groups -OCH3 is 1. The van der Waals surface area contributed by atoms with Gasteiger partial charge in [-0.2, -0.15) is 0 Å². The molecule has 0 radical (unpaired) electrons. The van der Waals surface area contributed by atoms with Gasteiger partial charge in [-0.3, -0.25) is 0 Å². The van der Waals surface area contributed by atoms with Crippen LogP contribution in [0, 0.1) is 23.7 Å². The monoisotopic (exact) mass is 366 g/mol. The van der Waals surface area contributed by atoms with Crippen molar-refractivity contribution in [3.8, 4) is 0 Å². The fourth-order valence-corrected chi connectivity index (χ4v) is 5.08. The summed E-state index contributed by atoms with van der Waals surface area (Å²) < 4.78 is 5.36. The largest absolute Gasteiger partial charge is 0.497 e. The Bertz CT molecular complexity index is 596. The average Bonchev–Trinajstić information content (AvgIpc) is 3.08. The molecule has 0 aromatic heterocycles. The van der Waals surface area contributed by atoms with Crippen molar-refractivity contribution in [2.24, 2.45) is 23.7 Å². The van der Waals surface area contributed by atoms with Crippen molar-refractivity contribution in [2.75, 3.05) is 7.11 Å². The van der Waals surface area contributed by atoms with Crippen LogP contribution in [0.1, 0.15) is 71.1 Å². The van der Waals surface area contributed by atoms with Crippen LogP contribution >= 0.6 is 0 Å². The SMILES string of the molecule is C/C=C/C1CCCC(/C=C/C2CCC(C3=CC=C(OC)C=CC3)CC2)CC1. The van der Waals surface area contributed by atoms with Crippen LogP contribution in [0.2, 0.25) is 0 Å². The van der Waals surface area contributed by atoms with Gasteiger partial charge in [-0.15, -0.1) is 0 Å². The summed E-state index contributed by atoms with van der Waals surface area (Å²) in [5.74, 6) is 4.21. The maximum atomic E-state index is 5.36. The zero-order valence-electron chi connectivity index (χ0n) is 17.4. The molecule has 0 bridgehead atoms. The molecule has 27 heavy (non-hydrogen) atoms. The van der Waals surface area contributed by atoms with E-state index in [9.17, 15) is 0 Å². The van der Waals surface area contributed by atoms with Crippen molar-refractivity contribution in [1.29, 1.82) is 0 Å². The molecule has 0 N–H and O–H groups in total. The smallest absolute Gasteiger partial charge is 0.118 e. The molecule has 0 heterocycles. The van der Waals surface area contributed by atoms with E-state index in [2.05, 4.69) is 55.5 Å². The van der Waals surface area contributed by atoms with E-state index in [1.54, 1.807) is 12.7 Å². The number of hydrogen-bond donors (Lipinski definition) is 0. The van der Waals surface area contributed by atoms with Gasteiger partial charge in [0.25, 0.3) is 0 Å². The van der Waals surface area contributed by atoms with Gasteiger partial charge in [0.05, 0.1) is 7.11 Å². The summed E-state index contributed by atoms with van der Waals surface area (Å²) in [6, 6.07) is 0. The molecule has 1 heteroatoms. The summed E-state index contributed by atoms with van der Waals surface area (Å²) in [6.07, 6.45) is 32.1. The van der Waals surface area contributed by atoms with Gasteiger partial charge >= 0.3 is 0 Å². The van der Waals surface area contributed by atoms with E-state index in [-0.39, 0.29) is 0 Å². The number of allylic oxidation sites excluding steroid dienone is 9. The normalized spacial score (nSPS) is 32.8. The highest BCUT2D eigenvalue weighted by molar-refractivity contribution is 5.29. The second-order valence-corrected chi connectivity index (χ2v) is 8.67. The summed E-state index contributed by atoms with van der Waals surface area (Å²) in [5.41, 5.74) is 1.60. The van der Waals surface area contributed by atoms with Crippen molar-refractivity contribution < 1.29 is 4.74 Å². The van der Waals surface area contributed by atoms with Crippen molar-refractivity contribution in [3.05, 3.63) is 59.9 Å². The molecule has 3 aliphatic carbocycles. The molecule has 1 nitrogen and oxygen atoms in total. The van der Waals surface area contributed by atoms with E-state index in [0.29, 0.717) is 0 Å². The van der Waals surface area contributed by atoms with Crippen molar-refractivity contribution in [3.63, 3.8) is 0 Å². The Balaban J connectivity index is 1.45. The van der Waals surface area contributed by atoms with Gasteiger partial charge in [-0.05, 0) is 101 Å². The summed E-state index contributed by atoms with van der Waals surface area (Å²) in [4.78, 5) is 0. The highest BCUT2D eigenvalue weighted by atomic mass is 16.5. The van der Waals surface area contributed by atoms with E-state index in [0.717, 1.165) is 35.9 Å². The van der Waals surface area contributed by atoms with Crippen molar-refractivity contribution in [1.82, 2.24) is 0 Å². The quantitative estimate of drug-likeness (QED) is 0.361. The van der Waals surface area contributed by atoms with Crippen LogP contribution in [0.4, 0.5) is 0 Å². The van der Waals surface area contributed by atoms with E-state index < -0.39 is 0 Å². The van der Waals surface area contributed by atoms with E-state index in [4.69, 9.17) is 4.74 Å². The van der Waals surface area contributed by atoms with Gasteiger partial charge in [0, 0.05) is 0 Å². The molecule has 0 aliphatic heterocycles. The van der Waals surface area contributed by atoms with Crippen LogP contribution in [-0.4, -0.2) is 7.11 Å². The van der Waals surface area contributed by atoms with E-state index >= 15 is 0 Å². The maximum absolute atomic E-state index is 5.36. The molecule has 148 valence electrons. The van der Waals surface area contributed by atoms with Crippen molar-refractivity contribution in [2.45, 2.75) is 71.1 Å². The fraction of sp³-hybridized carbons (Fsp3) is 0.615. The topological polar surface area (TPSA) is 9.23 Å². The predicted molar refractivity (Wildman–Crippen MR) is 116 cm³/mol. The maximum Gasteiger partial charge on any atom is 0.118 e. The number of hydrogen-bond acceptors (Lipinski definition) is 1. The third-order valence-electron chi connectivity index (χ3n) is 6.81. The standard InChI is InChI=1S/C26H38O/c1-3-6-21-7-4-8-22(12-11-21)13-14-23-15-17-25(18-16-23)24-9-5-10-26(27-2)20-19-24/h3,5-6,10,13-14,19-23,25H,4,7-9,11-12,15-18H2,1-2H3/b6-3+,14-13+. The van der Waals surface area contributed by atoms with Crippen LogP contribution < -0.4 is 0 Å². The second-order valence-electron chi connectivity index (χ2n) is 8.67. The molecule has 2 fully saturated rings. The minimum absolute atomic E-state index is 0.770. The van der Waals surface area contributed by atoms with Crippen molar-refractivity contribution >= 4 is 0 Å². The molecule has 0 saturated heterocycles. The first kappa shape index (κ1) is 20.2. The fourth-order valence-electron chi connectivity index (χ4n) is 5.08. The molecule has 0 aromatic rings. The second kappa shape index (κ2) is 10.7. The minimum atomic E-state index is 0.770. The van der Waals surface area contributed by atoms with Crippen LogP contribution in [0.15, 0.2) is 59.9 Å². The Morgan fingerprint density at radius 3 is 2.11 bits per heavy atom. The molecule has 0 aromatic carbocycles. The number of rotatable bonds is 5. The first-order valence-electron chi connectivity index (χ1n) is 11.2. The Labute approximate surface area is 167 Å². The molecule has 2 atom stereocenters. The zero-order chi connectivity index (χ0) is 18.9. The van der Waals surface area contributed by atoms with Gasteiger partial charge in [-0.25, -0.2) is 0 Å². The van der Waals surface area contributed by atoms with Crippen LogP contribution in [0.5, 0.6) is 0 Å². The molecular formula is C26H38O. The highest BCUT2D eigenvalue weighted by Crippen LogP contribution is 2.37. The summed E-state index contributed by atoms with van der Waals surface area (Å²) in [5, 5.41) is 0. The lowest BCUT2D eigenvalue weighted by molar-refractivity contribution is 0.307. The van der Waals surface area contributed by atoms with Gasteiger partial charge in [0.15, 0.2) is 0 Å². The summed E-state index contributed by atoms with van der Waals surface area (Å²) >= 11 is 0. The lowest BCUT2D eigenvalue weighted by Gasteiger charge is -2.28. The lowest BCUT2D eigenvalue weighted by Crippen LogP contribution is -2.15. The summed E-state index contributed by atoms with van der Waals surface area (Å²) in [7, 11) is 1.75. The Hall–Kier alpha value is -1.50. The molecule has 2 saturated carbocycles. The molecule has 2 unspecified atom stereocenters. The number of ether oxygens (including phenoxy) is 1. The zero-order valence-corrected chi connectivity index (χ0v) is 17.4. The first-order valence-corrected chi connectivity index (χ1v) is 11.2. The van der Waals surface area contributed by atoms with Gasteiger partial charge < -0.3 is 4.74 Å². The lowest BCUT2D eigenvalue weighted by atomic mass is 9.77. The van der Waals surface area contributed by atoms with Gasteiger partial charge in [0.2, 0.25) is 0 Å². The molecule has 0 spiro atoms. The third-order valence-corrected chi connectivity index (χ3v) is 6.81. The van der Waals surface area contributed by atoms with E-state index in [1.165, 1.54) is 57.8 Å². The van der Waals surface area contributed by atoms with Crippen LogP contribution in [0.25, 0.3) is 0 Å². The molecule has 3 rings (SSSR count). The third kappa shape index (κ3) is 6.26. The average molecular weight is 367 g/mol. The Morgan fingerprint density at radius 1 is 0.815 bits per heavy atom. The molecule has 0 amide bonds. The van der Waals surface area contributed by atoms with Crippen LogP contribution in [0.3, 0.4) is 0 Å². The molecular weight excluding hydrogens is 328 g/mol.